The fourth-order valence-electron chi connectivity index (χ4n) is 2.00. The Morgan fingerprint density at radius 1 is 1.22 bits per heavy atom. The van der Waals surface area contributed by atoms with Crippen molar-refractivity contribution >= 4 is 23.1 Å². The summed E-state index contributed by atoms with van der Waals surface area (Å²) in [7, 11) is 0. The molecule has 2 aromatic rings. The Hall–Kier alpha value is -2.92. The van der Waals surface area contributed by atoms with Crippen molar-refractivity contribution in [2.75, 3.05) is 5.73 Å². The van der Waals surface area contributed by atoms with Gasteiger partial charge in [-0.25, -0.2) is 9.97 Å². The molecule has 0 radical (unpaired) electrons. The van der Waals surface area contributed by atoms with Crippen LogP contribution < -0.4 is 10.5 Å². The van der Waals surface area contributed by atoms with Gasteiger partial charge in [-0.1, -0.05) is 57.2 Å². The third-order valence-electron chi connectivity index (χ3n) is 3.24. The van der Waals surface area contributed by atoms with Gasteiger partial charge in [0.2, 0.25) is 0 Å². The molecule has 2 rings (SSSR count). The van der Waals surface area contributed by atoms with Gasteiger partial charge in [0.25, 0.3) is 0 Å². The van der Waals surface area contributed by atoms with Gasteiger partial charge in [0, 0.05) is 5.56 Å². The highest BCUT2D eigenvalue weighted by atomic mass is 35.5. The molecule has 0 bridgehead atoms. The number of nitrogens with one attached hydrogen (secondary N) is 1. The van der Waals surface area contributed by atoms with Gasteiger partial charge < -0.3 is 10.5 Å². The summed E-state index contributed by atoms with van der Waals surface area (Å²) in [4.78, 5) is 7.75. The van der Waals surface area contributed by atoms with E-state index in [1.807, 2.05) is 32.1 Å². The van der Waals surface area contributed by atoms with Gasteiger partial charge in [0.15, 0.2) is 0 Å². The van der Waals surface area contributed by atoms with Crippen molar-refractivity contribution in [1.82, 2.24) is 9.97 Å². The highest BCUT2D eigenvalue weighted by molar-refractivity contribution is 6.34. The number of aromatic nitrogens is 2. The monoisotopic (exact) mass is 384 g/mol. The second kappa shape index (κ2) is 11.6. The molecule has 0 atom stereocenters. The largest absolute Gasteiger partial charge is 0.458 e. The summed E-state index contributed by atoms with van der Waals surface area (Å²) >= 11 is 6.02. The smallest absolute Gasteiger partial charge is 0.143 e. The fraction of sp³-hybridized carbons (Fsp3) is 0.190. The molecule has 1 aromatic carbocycles. The standard InChI is InChI=1S/C19H19ClN4O.C2H6/c1-3-4-5-6-7-13(2)25-15-10-8-14(9-11-15)17(21)16-18(20)23-12-24-19(16)22;1-2/h4-12,21H,2-3H2,1H3,(H2,22,23,24);1-2H3/b5-4-,7-6-,21-17?;. The van der Waals surface area contributed by atoms with Gasteiger partial charge in [-0.05, 0) is 36.8 Å². The second-order valence-electron chi connectivity index (χ2n) is 5.09. The van der Waals surface area contributed by atoms with E-state index in [0.29, 0.717) is 22.6 Å². The zero-order chi connectivity index (χ0) is 20.2. The van der Waals surface area contributed by atoms with E-state index < -0.39 is 0 Å². The molecule has 0 fully saturated rings. The van der Waals surface area contributed by atoms with Crippen molar-refractivity contribution in [3.8, 4) is 5.75 Å². The Morgan fingerprint density at radius 3 is 2.48 bits per heavy atom. The molecule has 0 saturated carbocycles. The van der Waals surface area contributed by atoms with Crippen LogP contribution >= 0.6 is 11.6 Å². The first-order chi connectivity index (χ1) is 13.0. The Kier molecular flexibility index (Phi) is 9.54. The minimum Gasteiger partial charge on any atom is -0.458 e. The molecule has 5 nitrogen and oxygen atoms in total. The predicted molar refractivity (Wildman–Crippen MR) is 114 cm³/mol. The lowest BCUT2D eigenvalue weighted by Crippen LogP contribution is -2.09. The van der Waals surface area contributed by atoms with E-state index in [4.69, 9.17) is 27.5 Å². The van der Waals surface area contributed by atoms with Gasteiger partial charge in [0.05, 0.1) is 11.3 Å². The molecule has 0 unspecified atom stereocenters. The van der Waals surface area contributed by atoms with Gasteiger partial charge in [-0.15, -0.1) is 0 Å². The number of anilines is 1. The maximum atomic E-state index is 8.27. The molecular formula is C21H25ClN4O. The number of halogens is 1. The van der Waals surface area contributed by atoms with Crippen LogP contribution in [0.5, 0.6) is 5.75 Å². The van der Waals surface area contributed by atoms with E-state index in [1.165, 1.54) is 6.33 Å². The van der Waals surface area contributed by atoms with Gasteiger partial charge in [-0.3, -0.25) is 5.41 Å². The Bertz CT molecular complexity index is 806. The highest BCUT2D eigenvalue weighted by Crippen LogP contribution is 2.23. The number of rotatable bonds is 7. The summed E-state index contributed by atoms with van der Waals surface area (Å²) in [5, 5.41) is 8.42. The first-order valence-electron chi connectivity index (χ1n) is 8.68. The maximum absolute atomic E-state index is 8.27. The number of benzene rings is 1. The van der Waals surface area contributed by atoms with Gasteiger partial charge in [-0.2, -0.15) is 0 Å². The number of hydrogen-bond acceptors (Lipinski definition) is 5. The van der Waals surface area contributed by atoms with Crippen molar-refractivity contribution in [3.63, 3.8) is 0 Å². The molecule has 0 aliphatic rings. The van der Waals surface area contributed by atoms with Crippen LogP contribution in [0.1, 0.15) is 38.3 Å². The molecule has 0 aliphatic heterocycles. The van der Waals surface area contributed by atoms with E-state index in [1.54, 1.807) is 30.3 Å². The third kappa shape index (κ3) is 6.72. The molecule has 0 amide bonds. The number of hydrogen-bond donors (Lipinski definition) is 2. The van der Waals surface area contributed by atoms with Crippen LogP contribution in [0.4, 0.5) is 5.82 Å². The number of allylic oxidation sites excluding steroid dienone is 4. The summed E-state index contributed by atoms with van der Waals surface area (Å²) in [6.45, 7) is 9.91. The maximum Gasteiger partial charge on any atom is 0.143 e. The lowest BCUT2D eigenvalue weighted by molar-refractivity contribution is 0.447. The summed E-state index contributed by atoms with van der Waals surface area (Å²) in [6.07, 6.45) is 9.87. The Morgan fingerprint density at radius 2 is 1.89 bits per heavy atom. The van der Waals surface area contributed by atoms with E-state index in [0.717, 1.165) is 6.42 Å². The molecule has 1 heterocycles. The lowest BCUT2D eigenvalue weighted by atomic mass is 10.0. The summed E-state index contributed by atoms with van der Waals surface area (Å²) in [5.41, 5.74) is 6.89. The van der Waals surface area contributed by atoms with Crippen molar-refractivity contribution in [3.05, 3.63) is 83.5 Å². The molecule has 0 aliphatic carbocycles. The predicted octanol–water partition coefficient (Wildman–Crippen LogP) is 5.57. The van der Waals surface area contributed by atoms with E-state index >= 15 is 0 Å². The van der Waals surface area contributed by atoms with Crippen LogP contribution in [0.2, 0.25) is 5.15 Å². The van der Waals surface area contributed by atoms with Crippen LogP contribution in [0.25, 0.3) is 0 Å². The van der Waals surface area contributed by atoms with Crippen LogP contribution in [-0.2, 0) is 0 Å². The average Bonchev–Trinajstić information content (AvgIpc) is 2.67. The van der Waals surface area contributed by atoms with Gasteiger partial charge >= 0.3 is 0 Å². The van der Waals surface area contributed by atoms with Crippen LogP contribution in [0.15, 0.2) is 67.2 Å². The normalized spacial score (nSPS) is 10.5. The molecule has 3 N–H and O–H groups in total. The van der Waals surface area contributed by atoms with Crippen LogP contribution in [0.3, 0.4) is 0 Å². The topological polar surface area (TPSA) is 84.9 Å². The molecule has 1 aromatic heterocycles. The zero-order valence-electron chi connectivity index (χ0n) is 15.9. The second-order valence-corrected chi connectivity index (χ2v) is 5.45. The minimum absolute atomic E-state index is 0.150. The third-order valence-corrected chi connectivity index (χ3v) is 3.52. The van der Waals surface area contributed by atoms with Crippen molar-refractivity contribution in [2.45, 2.75) is 27.2 Å². The van der Waals surface area contributed by atoms with Crippen molar-refractivity contribution in [1.29, 1.82) is 5.41 Å². The summed E-state index contributed by atoms with van der Waals surface area (Å²) in [5.74, 6) is 1.31. The first-order valence-corrected chi connectivity index (χ1v) is 9.06. The molecule has 0 spiro atoms. The molecule has 27 heavy (non-hydrogen) atoms. The Labute approximate surface area is 165 Å². The quantitative estimate of drug-likeness (QED) is 0.283. The fourth-order valence-corrected chi connectivity index (χ4v) is 2.24. The van der Waals surface area contributed by atoms with E-state index in [-0.39, 0.29) is 16.7 Å². The first kappa shape index (κ1) is 22.1. The number of nitrogens with two attached hydrogens (primary N) is 1. The van der Waals surface area contributed by atoms with Gasteiger partial charge in [0.1, 0.15) is 28.8 Å². The summed E-state index contributed by atoms with van der Waals surface area (Å²) in [6, 6.07) is 6.99. The molecule has 6 heteroatoms. The molecular weight excluding hydrogens is 360 g/mol. The molecule has 142 valence electrons. The van der Waals surface area contributed by atoms with Crippen molar-refractivity contribution < 1.29 is 4.74 Å². The zero-order valence-corrected chi connectivity index (χ0v) is 16.6. The molecule has 0 saturated heterocycles. The van der Waals surface area contributed by atoms with E-state index in [9.17, 15) is 0 Å². The SMILES string of the molecule is C=C(/C=C\C=C/CC)Oc1ccc(C(=N)c2c(N)ncnc2Cl)cc1.CC. The number of ether oxygens (including phenoxy) is 1. The number of nitrogen functional groups attached to an aromatic ring is 1. The average molecular weight is 385 g/mol. The van der Waals surface area contributed by atoms with Crippen LogP contribution in [0, 0.1) is 5.41 Å². The minimum atomic E-state index is 0.150. The summed E-state index contributed by atoms with van der Waals surface area (Å²) < 4.78 is 5.62. The van der Waals surface area contributed by atoms with Crippen LogP contribution in [-0.4, -0.2) is 15.7 Å². The number of nitrogens with zero attached hydrogens (tertiary/aromatic N) is 2. The highest BCUT2D eigenvalue weighted by Gasteiger charge is 2.14. The van der Waals surface area contributed by atoms with E-state index in [2.05, 4.69) is 23.5 Å². The van der Waals surface area contributed by atoms with Crippen molar-refractivity contribution in [2.24, 2.45) is 0 Å². The lowest BCUT2D eigenvalue weighted by Gasteiger charge is -2.09. The Balaban J connectivity index is 0.00000176.